The number of amides is 1. The predicted octanol–water partition coefficient (Wildman–Crippen LogP) is 2.48. The lowest BCUT2D eigenvalue weighted by Gasteiger charge is -2.28. The molecule has 1 aliphatic heterocycles. The first-order chi connectivity index (χ1) is 10.7. The molecule has 0 spiro atoms. The molecule has 1 aliphatic rings. The summed E-state index contributed by atoms with van der Waals surface area (Å²) in [5, 5.41) is 3.28. The fourth-order valence-electron chi connectivity index (χ4n) is 2.76. The van der Waals surface area contributed by atoms with Crippen LogP contribution in [0.3, 0.4) is 0 Å². The Morgan fingerprint density at radius 3 is 2.59 bits per heavy atom. The highest BCUT2D eigenvalue weighted by Crippen LogP contribution is 2.17. The maximum Gasteiger partial charge on any atom is 0.222 e. The Bertz CT molecular complexity index is 453. The lowest BCUT2D eigenvalue weighted by molar-refractivity contribution is -0.132. The number of carbonyl (C=O) groups is 1. The number of piperazine rings is 1. The van der Waals surface area contributed by atoms with Gasteiger partial charge in [0.25, 0.3) is 0 Å². The van der Waals surface area contributed by atoms with Crippen molar-refractivity contribution in [2.24, 2.45) is 5.92 Å². The second-order valence-electron chi connectivity index (χ2n) is 6.14. The van der Waals surface area contributed by atoms with E-state index >= 15 is 0 Å². The van der Waals surface area contributed by atoms with Crippen molar-refractivity contribution in [2.75, 3.05) is 32.8 Å². The van der Waals surface area contributed by atoms with E-state index in [0.717, 1.165) is 51.4 Å². The Hall–Kier alpha value is -1.55. The van der Waals surface area contributed by atoms with Gasteiger partial charge in [0.05, 0.1) is 6.61 Å². The number of benzene rings is 1. The lowest BCUT2D eigenvalue weighted by atomic mass is 9.97. The van der Waals surface area contributed by atoms with Crippen LogP contribution >= 0.6 is 0 Å². The minimum atomic E-state index is 0.289. The minimum absolute atomic E-state index is 0.289. The molecule has 1 heterocycles. The molecule has 122 valence electrons. The van der Waals surface area contributed by atoms with E-state index in [4.69, 9.17) is 4.74 Å². The largest absolute Gasteiger partial charge is 0.494 e. The van der Waals surface area contributed by atoms with Crippen LogP contribution < -0.4 is 10.1 Å². The molecule has 0 saturated carbocycles. The van der Waals surface area contributed by atoms with E-state index in [1.165, 1.54) is 5.56 Å². The van der Waals surface area contributed by atoms with Crippen LogP contribution in [0.2, 0.25) is 0 Å². The lowest BCUT2D eigenvalue weighted by Crippen LogP contribution is -2.46. The minimum Gasteiger partial charge on any atom is -0.494 e. The van der Waals surface area contributed by atoms with Crippen LogP contribution in [0.1, 0.15) is 32.3 Å². The van der Waals surface area contributed by atoms with Gasteiger partial charge in [-0.15, -0.1) is 0 Å². The van der Waals surface area contributed by atoms with Crippen molar-refractivity contribution in [3.05, 3.63) is 29.8 Å². The summed E-state index contributed by atoms with van der Waals surface area (Å²) in [5.41, 5.74) is 1.27. The normalized spacial score (nSPS) is 16.4. The molecule has 1 aromatic carbocycles. The average molecular weight is 304 g/mol. The molecule has 1 N–H and O–H groups in total. The highest BCUT2D eigenvalue weighted by molar-refractivity contribution is 5.76. The summed E-state index contributed by atoms with van der Waals surface area (Å²) in [7, 11) is 0. The summed E-state index contributed by atoms with van der Waals surface area (Å²) in [5.74, 6) is 1.58. The first-order valence-electron chi connectivity index (χ1n) is 8.39. The Morgan fingerprint density at radius 2 is 1.95 bits per heavy atom. The van der Waals surface area contributed by atoms with Gasteiger partial charge >= 0.3 is 0 Å². The molecule has 2 rings (SSSR count). The summed E-state index contributed by atoms with van der Waals surface area (Å²) in [6, 6.07) is 8.26. The van der Waals surface area contributed by atoms with Crippen LogP contribution in [-0.4, -0.2) is 43.6 Å². The van der Waals surface area contributed by atoms with E-state index in [9.17, 15) is 4.79 Å². The fourth-order valence-corrected chi connectivity index (χ4v) is 2.76. The van der Waals surface area contributed by atoms with Crippen LogP contribution in [-0.2, 0) is 11.2 Å². The van der Waals surface area contributed by atoms with Crippen LogP contribution in [0.5, 0.6) is 5.75 Å². The molecule has 22 heavy (non-hydrogen) atoms. The number of hydrogen-bond acceptors (Lipinski definition) is 3. The van der Waals surface area contributed by atoms with E-state index in [1.807, 2.05) is 17.0 Å². The SMILES string of the molecule is CCCOc1ccc(CC(C)CC(=O)N2CCNCC2)cc1. The molecule has 0 aromatic heterocycles. The van der Waals surface area contributed by atoms with E-state index in [-0.39, 0.29) is 5.91 Å². The van der Waals surface area contributed by atoms with Crippen LogP contribution in [0.25, 0.3) is 0 Å². The van der Waals surface area contributed by atoms with Crippen LogP contribution in [0.4, 0.5) is 0 Å². The van der Waals surface area contributed by atoms with E-state index in [2.05, 4.69) is 31.3 Å². The Kier molecular flexibility index (Phi) is 6.72. The summed E-state index contributed by atoms with van der Waals surface area (Å²) >= 11 is 0. The monoisotopic (exact) mass is 304 g/mol. The molecule has 1 amide bonds. The summed E-state index contributed by atoms with van der Waals surface area (Å²) < 4.78 is 5.59. The van der Waals surface area contributed by atoms with Gasteiger partial charge in [0.2, 0.25) is 5.91 Å². The van der Waals surface area contributed by atoms with Crippen molar-refractivity contribution in [2.45, 2.75) is 33.1 Å². The molecular formula is C18H28N2O2. The first-order valence-corrected chi connectivity index (χ1v) is 8.39. The molecule has 1 atom stereocenters. The zero-order valence-corrected chi connectivity index (χ0v) is 13.8. The summed E-state index contributed by atoms with van der Waals surface area (Å²) in [6.07, 6.45) is 2.59. The van der Waals surface area contributed by atoms with E-state index in [1.54, 1.807) is 0 Å². The van der Waals surface area contributed by atoms with Crippen molar-refractivity contribution in [1.29, 1.82) is 0 Å². The van der Waals surface area contributed by atoms with Gasteiger partial charge in [-0.1, -0.05) is 26.0 Å². The van der Waals surface area contributed by atoms with Gasteiger partial charge in [-0.05, 0) is 36.5 Å². The fraction of sp³-hybridized carbons (Fsp3) is 0.611. The third-order valence-electron chi connectivity index (χ3n) is 3.97. The van der Waals surface area contributed by atoms with Crippen molar-refractivity contribution in [3.8, 4) is 5.75 Å². The third kappa shape index (κ3) is 5.34. The Labute approximate surface area is 133 Å². The highest BCUT2D eigenvalue weighted by Gasteiger charge is 2.18. The van der Waals surface area contributed by atoms with Gasteiger partial charge in [-0.25, -0.2) is 0 Å². The first kappa shape index (κ1) is 16.8. The number of rotatable bonds is 7. The smallest absolute Gasteiger partial charge is 0.222 e. The summed E-state index contributed by atoms with van der Waals surface area (Å²) in [4.78, 5) is 14.2. The van der Waals surface area contributed by atoms with Gasteiger partial charge < -0.3 is 15.0 Å². The maximum atomic E-state index is 12.2. The van der Waals surface area contributed by atoms with Crippen LogP contribution in [0, 0.1) is 5.92 Å². The highest BCUT2D eigenvalue weighted by atomic mass is 16.5. The molecule has 0 radical (unpaired) electrons. The third-order valence-corrected chi connectivity index (χ3v) is 3.97. The molecule has 0 aliphatic carbocycles. The zero-order chi connectivity index (χ0) is 15.8. The molecule has 4 nitrogen and oxygen atoms in total. The average Bonchev–Trinajstić information content (AvgIpc) is 2.55. The molecule has 1 fully saturated rings. The summed E-state index contributed by atoms with van der Waals surface area (Å²) in [6.45, 7) is 8.53. The van der Waals surface area contributed by atoms with Gasteiger partial charge in [0, 0.05) is 32.6 Å². The van der Waals surface area contributed by atoms with Crippen molar-refractivity contribution < 1.29 is 9.53 Å². The van der Waals surface area contributed by atoms with Gasteiger partial charge in [-0.3, -0.25) is 4.79 Å². The number of hydrogen-bond donors (Lipinski definition) is 1. The topological polar surface area (TPSA) is 41.6 Å². The van der Waals surface area contributed by atoms with E-state index in [0.29, 0.717) is 12.3 Å². The Morgan fingerprint density at radius 1 is 1.27 bits per heavy atom. The standard InChI is InChI=1S/C18H28N2O2/c1-3-12-22-17-6-4-16(5-7-17)13-15(2)14-18(21)20-10-8-19-9-11-20/h4-7,15,19H,3,8-14H2,1-2H3. The van der Waals surface area contributed by atoms with Crippen LogP contribution in [0.15, 0.2) is 24.3 Å². The maximum absolute atomic E-state index is 12.2. The van der Waals surface area contributed by atoms with Gasteiger partial charge in [0.1, 0.15) is 5.75 Å². The molecule has 0 bridgehead atoms. The number of nitrogens with zero attached hydrogens (tertiary/aromatic N) is 1. The Balaban J connectivity index is 1.78. The predicted molar refractivity (Wildman–Crippen MR) is 89.2 cm³/mol. The molecule has 4 heteroatoms. The number of ether oxygens (including phenoxy) is 1. The molecule has 1 saturated heterocycles. The quantitative estimate of drug-likeness (QED) is 0.841. The van der Waals surface area contributed by atoms with E-state index < -0.39 is 0 Å². The number of carbonyl (C=O) groups excluding carboxylic acids is 1. The second kappa shape index (κ2) is 8.79. The second-order valence-corrected chi connectivity index (χ2v) is 6.14. The molecule has 1 unspecified atom stereocenters. The zero-order valence-electron chi connectivity index (χ0n) is 13.8. The molecular weight excluding hydrogens is 276 g/mol. The van der Waals surface area contributed by atoms with Gasteiger partial charge in [0.15, 0.2) is 0 Å². The van der Waals surface area contributed by atoms with Crippen molar-refractivity contribution >= 4 is 5.91 Å². The van der Waals surface area contributed by atoms with Gasteiger partial charge in [-0.2, -0.15) is 0 Å². The van der Waals surface area contributed by atoms with Crippen molar-refractivity contribution in [1.82, 2.24) is 10.2 Å². The van der Waals surface area contributed by atoms with Crippen molar-refractivity contribution in [3.63, 3.8) is 0 Å². The molecule has 1 aromatic rings. The number of nitrogens with one attached hydrogen (secondary N) is 1.